The zero-order valence-corrected chi connectivity index (χ0v) is 18.8. The summed E-state index contributed by atoms with van der Waals surface area (Å²) in [4.78, 5) is 26.5. The maximum Gasteiger partial charge on any atom is 0.319 e. The summed E-state index contributed by atoms with van der Waals surface area (Å²) in [5.74, 6) is -0.613. The molecule has 2 atom stereocenters. The number of hydrogen-bond acceptors (Lipinski definition) is 6. The molecule has 1 saturated heterocycles. The average molecular weight is 441 g/mol. The van der Waals surface area contributed by atoms with Crippen LogP contribution < -0.4 is 5.32 Å². The van der Waals surface area contributed by atoms with Crippen molar-refractivity contribution in [2.75, 3.05) is 26.3 Å². The quantitative estimate of drug-likeness (QED) is 0.547. The van der Waals surface area contributed by atoms with Crippen LogP contribution in [0, 0.1) is 11.3 Å². The second kappa shape index (κ2) is 11.1. The minimum Gasteiger partial charge on any atom is -0.465 e. The van der Waals surface area contributed by atoms with Crippen molar-refractivity contribution in [3.8, 4) is 6.07 Å². The lowest BCUT2D eigenvalue weighted by Gasteiger charge is -2.28. The van der Waals surface area contributed by atoms with E-state index >= 15 is 0 Å². The summed E-state index contributed by atoms with van der Waals surface area (Å²) < 4.78 is 7.11. The molecule has 1 amide bonds. The number of ether oxygens (including phenoxy) is 1. The van der Waals surface area contributed by atoms with E-state index in [9.17, 15) is 20.0 Å². The van der Waals surface area contributed by atoms with Crippen molar-refractivity contribution < 1.29 is 19.4 Å². The zero-order chi connectivity index (χ0) is 23.1. The second-order valence-electron chi connectivity index (χ2n) is 8.05. The van der Waals surface area contributed by atoms with E-state index in [0.29, 0.717) is 12.1 Å². The van der Waals surface area contributed by atoms with Crippen LogP contribution in [0.25, 0.3) is 10.9 Å². The number of carbonyl (C=O) groups is 2. The Morgan fingerprint density at radius 2 is 2.16 bits per heavy atom. The van der Waals surface area contributed by atoms with Gasteiger partial charge in [0.25, 0.3) is 0 Å². The lowest BCUT2D eigenvalue weighted by Crippen LogP contribution is -2.51. The van der Waals surface area contributed by atoms with Gasteiger partial charge in [-0.2, -0.15) is 5.26 Å². The summed E-state index contributed by atoms with van der Waals surface area (Å²) in [5, 5.41) is 22.8. The number of aliphatic hydroxyl groups excluding tert-OH is 1. The summed E-state index contributed by atoms with van der Waals surface area (Å²) in [5.41, 5.74) is 2.90. The number of aliphatic hydroxyl groups is 1. The van der Waals surface area contributed by atoms with Gasteiger partial charge in [0, 0.05) is 30.3 Å². The van der Waals surface area contributed by atoms with Crippen molar-refractivity contribution in [2.24, 2.45) is 0 Å². The third kappa shape index (κ3) is 5.29. The molecule has 2 heterocycles. The van der Waals surface area contributed by atoms with Gasteiger partial charge in [0.05, 0.1) is 31.4 Å². The van der Waals surface area contributed by atoms with Crippen LogP contribution in [0.4, 0.5) is 0 Å². The number of amides is 1. The van der Waals surface area contributed by atoms with Crippen LogP contribution in [0.2, 0.25) is 0 Å². The molecule has 2 unspecified atom stereocenters. The van der Waals surface area contributed by atoms with Crippen LogP contribution in [-0.2, 0) is 27.3 Å². The molecule has 1 aromatic heterocycles. The molecule has 8 heteroatoms. The molecule has 32 heavy (non-hydrogen) atoms. The third-order valence-corrected chi connectivity index (χ3v) is 6.11. The number of hydrogen-bond donors (Lipinski definition) is 2. The van der Waals surface area contributed by atoms with Crippen LogP contribution in [0.1, 0.15) is 44.4 Å². The van der Waals surface area contributed by atoms with E-state index in [0.717, 1.165) is 43.1 Å². The Morgan fingerprint density at radius 1 is 1.34 bits per heavy atom. The van der Waals surface area contributed by atoms with Gasteiger partial charge in [-0.15, -0.1) is 0 Å². The fourth-order valence-electron chi connectivity index (χ4n) is 4.55. The number of carbonyl (C=O) groups excluding carboxylic acids is 2. The Labute approximate surface area is 188 Å². The molecule has 1 aliphatic rings. The van der Waals surface area contributed by atoms with Gasteiger partial charge in [-0.1, -0.05) is 6.07 Å². The normalized spacial score (nSPS) is 16.8. The largest absolute Gasteiger partial charge is 0.465 e. The van der Waals surface area contributed by atoms with Crippen molar-refractivity contribution >= 4 is 22.8 Å². The Kier molecular flexibility index (Phi) is 8.26. The van der Waals surface area contributed by atoms with Crippen molar-refractivity contribution in [3.05, 3.63) is 35.5 Å². The van der Waals surface area contributed by atoms with Gasteiger partial charge in [0.1, 0.15) is 6.04 Å². The molecule has 3 rings (SSSR count). The van der Waals surface area contributed by atoms with Gasteiger partial charge in [0.2, 0.25) is 5.91 Å². The first-order valence-electron chi connectivity index (χ1n) is 11.3. The SMILES string of the molecule is CCOC(=O)CNC(CO)C(=O)N1CCCC1CCc1cc2ccc(C#N)cc2n1CC. The van der Waals surface area contributed by atoms with E-state index in [4.69, 9.17) is 4.74 Å². The molecule has 2 aromatic rings. The van der Waals surface area contributed by atoms with E-state index in [2.05, 4.69) is 28.9 Å². The van der Waals surface area contributed by atoms with Crippen molar-refractivity contribution in [1.29, 1.82) is 5.26 Å². The van der Waals surface area contributed by atoms with Crippen LogP contribution in [0.5, 0.6) is 0 Å². The molecule has 0 aliphatic carbocycles. The van der Waals surface area contributed by atoms with Gasteiger partial charge in [-0.25, -0.2) is 0 Å². The molecule has 1 aromatic carbocycles. The van der Waals surface area contributed by atoms with E-state index < -0.39 is 12.0 Å². The zero-order valence-electron chi connectivity index (χ0n) is 18.8. The highest BCUT2D eigenvalue weighted by Gasteiger charge is 2.33. The molecule has 0 spiro atoms. The number of aryl methyl sites for hydroxylation is 2. The summed E-state index contributed by atoms with van der Waals surface area (Å²) in [6.45, 7) is 5.08. The van der Waals surface area contributed by atoms with Crippen LogP contribution in [0.15, 0.2) is 24.3 Å². The third-order valence-electron chi connectivity index (χ3n) is 6.11. The maximum atomic E-state index is 13.0. The number of nitriles is 1. The number of esters is 1. The molecule has 8 nitrogen and oxygen atoms in total. The van der Waals surface area contributed by atoms with E-state index in [-0.39, 0.29) is 31.7 Å². The molecule has 1 fully saturated rings. The van der Waals surface area contributed by atoms with Crippen molar-refractivity contribution in [1.82, 2.24) is 14.8 Å². The number of benzene rings is 1. The van der Waals surface area contributed by atoms with Gasteiger partial charge in [0.15, 0.2) is 0 Å². The number of nitrogens with one attached hydrogen (secondary N) is 1. The topological polar surface area (TPSA) is 108 Å². The Hall–Kier alpha value is -2.89. The van der Waals surface area contributed by atoms with Gasteiger partial charge in [-0.3, -0.25) is 14.9 Å². The van der Waals surface area contributed by atoms with Crippen LogP contribution >= 0.6 is 0 Å². The van der Waals surface area contributed by atoms with Gasteiger partial charge in [-0.05, 0) is 63.1 Å². The molecular formula is C24H32N4O4. The molecule has 0 saturated carbocycles. The Balaban J connectivity index is 1.66. The molecule has 1 aliphatic heterocycles. The number of aromatic nitrogens is 1. The molecular weight excluding hydrogens is 408 g/mol. The minimum atomic E-state index is -0.813. The highest BCUT2D eigenvalue weighted by atomic mass is 16.5. The number of nitrogens with zero attached hydrogens (tertiary/aromatic N) is 3. The monoisotopic (exact) mass is 440 g/mol. The first kappa shape index (κ1) is 23.8. The number of rotatable bonds is 10. The number of likely N-dealkylation sites (tertiary alicyclic amines) is 1. The smallest absolute Gasteiger partial charge is 0.319 e. The summed E-state index contributed by atoms with van der Waals surface area (Å²) in [7, 11) is 0. The van der Waals surface area contributed by atoms with Crippen LogP contribution in [-0.4, -0.2) is 64.8 Å². The Bertz CT molecular complexity index is 994. The maximum absolute atomic E-state index is 13.0. The molecule has 0 radical (unpaired) electrons. The van der Waals surface area contributed by atoms with Gasteiger partial charge >= 0.3 is 5.97 Å². The first-order valence-corrected chi connectivity index (χ1v) is 11.3. The predicted molar refractivity (Wildman–Crippen MR) is 121 cm³/mol. The standard InChI is InChI=1S/C24H32N4O4/c1-3-27-20(13-18-8-7-17(14-25)12-22(18)27)10-9-19-6-5-11-28(19)24(31)21(16-29)26-15-23(30)32-4-2/h7-8,12-13,19,21,26,29H,3-6,9-11,15-16H2,1-2H3. The number of fused-ring (bicyclic) bond motifs is 1. The highest BCUT2D eigenvalue weighted by molar-refractivity contribution is 5.84. The highest BCUT2D eigenvalue weighted by Crippen LogP contribution is 2.26. The Morgan fingerprint density at radius 3 is 2.84 bits per heavy atom. The minimum absolute atomic E-state index is 0.0962. The predicted octanol–water partition coefficient (Wildman–Crippen LogP) is 1.97. The molecule has 172 valence electrons. The second-order valence-corrected chi connectivity index (χ2v) is 8.05. The molecule has 0 bridgehead atoms. The van der Waals surface area contributed by atoms with E-state index in [1.807, 2.05) is 23.1 Å². The first-order chi connectivity index (χ1) is 15.5. The fraction of sp³-hybridized carbons (Fsp3) is 0.542. The average Bonchev–Trinajstić information content (AvgIpc) is 3.41. The lowest BCUT2D eigenvalue weighted by atomic mass is 10.1. The van der Waals surface area contributed by atoms with E-state index in [1.165, 1.54) is 5.69 Å². The summed E-state index contributed by atoms with van der Waals surface area (Å²) >= 11 is 0. The van der Waals surface area contributed by atoms with Crippen LogP contribution in [0.3, 0.4) is 0 Å². The van der Waals surface area contributed by atoms with E-state index in [1.54, 1.807) is 6.92 Å². The van der Waals surface area contributed by atoms with Crippen molar-refractivity contribution in [2.45, 2.75) is 58.2 Å². The summed E-state index contributed by atoms with van der Waals surface area (Å²) in [6, 6.07) is 9.39. The van der Waals surface area contributed by atoms with Crippen molar-refractivity contribution in [3.63, 3.8) is 0 Å². The fourth-order valence-corrected chi connectivity index (χ4v) is 4.55. The lowest BCUT2D eigenvalue weighted by molar-refractivity contribution is -0.142. The summed E-state index contributed by atoms with van der Waals surface area (Å²) in [6.07, 6.45) is 3.49. The van der Waals surface area contributed by atoms with Gasteiger partial charge < -0.3 is 19.3 Å². The molecule has 2 N–H and O–H groups in total.